The maximum absolute atomic E-state index is 2.52. The van der Waals surface area contributed by atoms with Crippen LogP contribution in [0, 0.1) is 0 Å². The van der Waals surface area contributed by atoms with E-state index in [0.717, 1.165) is 12.1 Å². The largest absolute Gasteiger partial charge is 0.301 e. The van der Waals surface area contributed by atoms with Crippen LogP contribution in [0.15, 0.2) is 0 Å². The predicted octanol–water partition coefficient (Wildman–Crippen LogP) is 1.03. The van der Waals surface area contributed by atoms with Gasteiger partial charge in [0.15, 0.2) is 0 Å². The molecule has 66 valence electrons. The van der Waals surface area contributed by atoms with E-state index in [9.17, 15) is 0 Å². The molecule has 1 aliphatic heterocycles. The van der Waals surface area contributed by atoms with Crippen LogP contribution < -0.4 is 0 Å². The fourth-order valence-electron chi connectivity index (χ4n) is 1.77. The van der Waals surface area contributed by atoms with E-state index in [1.165, 1.54) is 19.6 Å². The van der Waals surface area contributed by atoms with Crippen molar-refractivity contribution in [2.24, 2.45) is 0 Å². The standard InChI is InChI=1S/C9H20N2/c1-5-11-6-8(2)10(4)9(3)7-11/h8-9H,5-7H2,1-4H3/t8-,9-/m1/s1. The van der Waals surface area contributed by atoms with Crippen LogP contribution in [-0.2, 0) is 0 Å². The van der Waals surface area contributed by atoms with Crippen LogP contribution in [-0.4, -0.2) is 48.6 Å². The lowest BCUT2D eigenvalue weighted by molar-refractivity contribution is 0.0635. The minimum atomic E-state index is 0.721. The minimum absolute atomic E-state index is 0.721. The molecule has 0 unspecified atom stereocenters. The predicted molar refractivity (Wildman–Crippen MR) is 48.8 cm³/mol. The van der Waals surface area contributed by atoms with Crippen molar-refractivity contribution in [1.82, 2.24) is 9.80 Å². The number of likely N-dealkylation sites (N-methyl/N-ethyl adjacent to an activating group) is 2. The summed E-state index contributed by atoms with van der Waals surface area (Å²) in [5.41, 5.74) is 0. The van der Waals surface area contributed by atoms with Gasteiger partial charge in [0.1, 0.15) is 0 Å². The minimum Gasteiger partial charge on any atom is -0.301 e. The molecule has 2 heteroatoms. The highest BCUT2D eigenvalue weighted by molar-refractivity contribution is 4.81. The molecule has 0 bridgehead atoms. The molecule has 0 aromatic carbocycles. The summed E-state index contributed by atoms with van der Waals surface area (Å²) in [5, 5.41) is 0. The highest BCUT2D eigenvalue weighted by Gasteiger charge is 2.24. The zero-order valence-corrected chi connectivity index (χ0v) is 8.17. The van der Waals surface area contributed by atoms with Gasteiger partial charge in [0.2, 0.25) is 0 Å². The van der Waals surface area contributed by atoms with E-state index in [1.807, 2.05) is 0 Å². The summed E-state index contributed by atoms with van der Waals surface area (Å²) in [6.45, 7) is 10.5. The molecule has 0 spiro atoms. The van der Waals surface area contributed by atoms with Crippen LogP contribution >= 0.6 is 0 Å². The summed E-state index contributed by atoms with van der Waals surface area (Å²) < 4.78 is 0. The first-order valence-corrected chi connectivity index (χ1v) is 4.59. The van der Waals surface area contributed by atoms with Crippen molar-refractivity contribution < 1.29 is 0 Å². The molecule has 1 rings (SSSR count). The molecule has 2 nitrogen and oxygen atoms in total. The van der Waals surface area contributed by atoms with Gasteiger partial charge in [-0.05, 0) is 27.4 Å². The normalized spacial score (nSPS) is 36.0. The molecule has 0 radical (unpaired) electrons. The summed E-state index contributed by atoms with van der Waals surface area (Å²) in [4.78, 5) is 4.99. The number of nitrogens with zero attached hydrogens (tertiary/aromatic N) is 2. The maximum atomic E-state index is 2.52. The number of piperazine rings is 1. The quantitative estimate of drug-likeness (QED) is 0.559. The summed E-state index contributed by atoms with van der Waals surface area (Å²) in [6.07, 6.45) is 0. The van der Waals surface area contributed by atoms with Crippen LogP contribution in [0.25, 0.3) is 0 Å². The van der Waals surface area contributed by atoms with Crippen molar-refractivity contribution in [2.75, 3.05) is 26.7 Å². The van der Waals surface area contributed by atoms with Crippen LogP contribution in [0.2, 0.25) is 0 Å². The van der Waals surface area contributed by atoms with E-state index in [1.54, 1.807) is 0 Å². The lowest BCUT2D eigenvalue weighted by Crippen LogP contribution is -2.54. The Labute approximate surface area is 70.2 Å². The van der Waals surface area contributed by atoms with Gasteiger partial charge < -0.3 is 4.90 Å². The second kappa shape index (κ2) is 3.55. The monoisotopic (exact) mass is 156 g/mol. The van der Waals surface area contributed by atoms with Crippen LogP contribution in [0.5, 0.6) is 0 Å². The molecule has 2 atom stereocenters. The first-order valence-electron chi connectivity index (χ1n) is 4.59. The van der Waals surface area contributed by atoms with Gasteiger partial charge in [0, 0.05) is 25.2 Å². The number of rotatable bonds is 1. The molecule has 0 aromatic rings. The molecule has 0 saturated carbocycles. The van der Waals surface area contributed by atoms with E-state index >= 15 is 0 Å². The van der Waals surface area contributed by atoms with Crippen molar-refractivity contribution in [1.29, 1.82) is 0 Å². The van der Waals surface area contributed by atoms with Gasteiger partial charge in [-0.15, -0.1) is 0 Å². The Bertz CT molecular complexity index is 113. The molecule has 0 aliphatic carbocycles. The fourth-order valence-corrected chi connectivity index (χ4v) is 1.77. The number of hydrogen-bond acceptors (Lipinski definition) is 2. The molecular formula is C9H20N2. The summed E-state index contributed by atoms with van der Waals surface area (Å²) in [5.74, 6) is 0. The summed E-state index contributed by atoms with van der Waals surface area (Å²) in [7, 11) is 2.22. The van der Waals surface area contributed by atoms with Crippen molar-refractivity contribution in [3.63, 3.8) is 0 Å². The van der Waals surface area contributed by atoms with Crippen molar-refractivity contribution in [2.45, 2.75) is 32.9 Å². The molecule has 11 heavy (non-hydrogen) atoms. The SMILES string of the molecule is CCN1C[C@@H](C)N(C)[C@H](C)C1. The van der Waals surface area contributed by atoms with E-state index in [4.69, 9.17) is 0 Å². The van der Waals surface area contributed by atoms with E-state index in [2.05, 4.69) is 37.6 Å². The molecular weight excluding hydrogens is 136 g/mol. The smallest absolute Gasteiger partial charge is 0.0195 e. The number of hydrogen-bond donors (Lipinski definition) is 0. The second-order valence-electron chi connectivity index (χ2n) is 3.72. The Morgan fingerprint density at radius 1 is 1.18 bits per heavy atom. The zero-order chi connectivity index (χ0) is 8.43. The third-order valence-corrected chi connectivity index (χ3v) is 2.88. The average molecular weight is 156 g/mol. The van der Waals surface area contributed by atoms with Crippen LogP contribution in [0.4, 0.5) is 0 Å². The molecule has 1 heterocycles. The zero-order valence-electron chi connectivity index (χ0n) is 8.17. The Morgan fingerprint density at radius 3 is 2.00 bits per heavy atom. The Hall–Kier alpha value is -0.0800. The molecule has 1 fully saturated rings. The fraction of sp³-hybridized carbons (Fsp3) is 1.00. The first kappa shape index (κ1) is 9.01. The van der Waals surface area contributed by atoms with Gasteiger partial charge in [-0.2, -0.15) is 0 Å². The lowest BCUT2D eigenvalue weighted by Gasteiger charge is -2.42. The Kier molecular flexibility index (Phi) is 2.90. The summed E-state index contributed by atoms with van der Waals surface area (Å²) >= 11 is 0. The van der Waals surface area contributed by atoms with Gasteiger partial charge >= 0.3 is 0 Å². The average Bonchev–Trinajstić information content (AvgIpc) is 1.99. The van der Waals surface area contributed by atoms with Crippen molar-refractivity contribution >= 4 is 0 Å². The van der Waals surface area contributed by atoms with Gasteiger partial charge in [-0.25, -0.2) is 0 Å². The van der Waals surface area contributed by atoms with Gasteiger partial charge in [-0.3, -0.25) is 4.90 Å². The lowest BCUT2D eigenvalue weighted by atomic mass is 10.1. The second-order valence-corrected chi connectivity index (χ2v) is 3.72. The first-order chi connectivity index (χ1) is 5.15. The highest BCUT2D eigenvalue weighted by atomic mass is 15.3. The van der Waals surface area contributed by atoms with Crippen molar-refractivity contribution in [3.8, 4) is 0 Å². The third kappa shape index (κ3) is 1.94. The molecule has 0 amide bonds. The van der Waals surface area contributed by atoms with E-state index in [0.29, 0.717) is 0 Å². The van der Waals surface area contributed by atoms with Crippen LogP contribution in [0.1, 0.15) is 20.8 Å². The van der Waals surface area contributed by atoms with E-state index in [-0.39, 0.29) is 0 Å². The molecule has 0 aromatic heterocycles. The Balaban J connectivity index is 2.47. The van der Waals surface area contributed by atoms with Gasteiger partial charge in [-0.1, -0.05) is 6.92 Å². The molecule has 0 N–H and O–H groups in total. The van der Waals surface area contributed by atoms with E-state index < -0.39 is 0 Å². The highest BCUT2D eigenvalue weighted by Crippen LogP contribution is 2.12. The Morgan fingerprint density at radius 2 is 1.64 bits per heavy atom. The third-order valence-electron chi connectivity index (χ3n) is 2.88. The molecule has 1 saturated heterocycles. The van der Waals surface area contributed by atoms with Crippen molar-refractivity contribution in [3.05, 3.63) is 0 Å². The maximum Gasteiger partial charge on any atom is 0.0195 e. The topological polar surface area (TPSA) is 6.48 Å². The van der Waals surface area contributed by atoms with Gasteiger partial charge in [0.25, 0.3) is 0 Å². The van der Waals surface area contributed by atoms with Crippen LogP contribution in [0.3, 0.4) is 0 Å². The summed E-state index contributed by atoms with van der Waals surface area (Å²) in [6, 6.07) is 1.44. The molecule has 1 aliphatic rings. The van der Waals surface area contributed by atoms with Gasteiger partial charge in [0.05, 0.1) is 0 Å².